The molecule has 0 aliphatic rings. The summed E-state index contributed by atoms with van der Waals surface area (Å²) in [5.74, 6) is -0.745. The van der Waals surface area contributed by atoms with Gasteiger partial charge in [0.15, 0.2) is 5.69 Å². The average Bonchev–Trinajstić information content (AvgIpc) is 2.62. The molecule has 3 aromatic rings. The number of carbonyl (C=O) groups is 1. The Morgan fingerprint density at radius 2 is 1.81 bits per heavy atom. The zero-order valence-corrected chi connectivity index (χ0v) is 14.7. The van der Waals surface area contributed by atoms with E-state index in [1.165, 1.54) is 6.07 Å². The number of carbonyl (C=O) groups excluding carboxylic acids is 1. The SMILES string of the molecule is CCOc1nc2ccccc2nc1C(=O)Nc1ccc(Cl)c(C(F)(F)F)c1. The predicted molar refractivity (Wildman–Crippen MR) is 95.1 cm³/mol. The van der Waals surface area contributed by atoms with E-state index < -0.39 is 22.7 Å². The number of hydrogen-bond donors (Lipinski definition) is 1. The molecule has 0 fully saturated rings. The van der Waals surface area contributed by atoms with E-state index in [9.17, 15) is 18.0 Å². The van der Waals surface area contributed by atoms with Crippen LogP contribution in [0.3, 0.4) is 0 Å². The summed E-state index contributed by atoms with van der Waals surface area (Å²) in [6, 6.07) is 9.96. The molecule has 0 saturated carbocycles. The molecule has 1 heterocycles. The van der Waals surface area contributed by atoms with Crippen LogP contribution in [0.25, 0.3) is 11.0 Å². The number of rotatable bonds is 4. The lowest BCUT2D eigenvalue weighted by Gasteiger charge is -2.13. The minimum absolute atomic E-state index is 0.00120. The second kappa shape index (κ2) is 7.40. The molecule has 0 unspecified atom stereocenters. The molecule has 27 heavy (non-hydrogen) atoms. The van der Waals surface area contributed by atoms with Crippen LogP contribution in [0, 0.1) is 0 Å². The van der Waals surface area contributed by atoms with Crippen molar-refractivity contribution in [3.8, 4) is 5.88 Å². The van der Waals surface area contributed by atoms with Crippen molar-refractivity contribution in [1.82, 2.24) is 9.97 Å². The number of ether oxygens (including phenoxy) is 1. The van der Waals surface area contributed by atoms with Gasteiger partial charge in [-0.2, -0.15) is 13.2 Å². The van der Waals surface area contributed by atoms with Gasteiger partial charge in [0.05, 0.1) is 28.2 Å². The van der Waals surface area contributed by atoms with Gasteiger partial charge in [0.2, 0.25) is 5.88 Å². The standard InChI is InChI=1S/C18H13ClF3N3O2/c1-2-27-17-15(24-13-5-3-4-6-14(13)25-17)16(26)23-10-7-8-12(19)11(9-10)18(20,21)22/h3-9H,2H2,1H3,(H,23,26). The normalized spacial score (nSPS) is 11.4. The highest BCUT2D eigenvalue weighted by molar-refractivity contribution is 6.31. The maximum Gasteiger partial charge on any atom is 0.417 e. The third kappa shape index (κ3) is 4.11. The molecular formula is C18H13ClF3N3O2. The Hall–Kier alpha value is -2.87. The smallest absolute Gasteiger partial charge is 0.417 e. The fourth-order valence-electron chi connectivity index (χ4n) is 2.38. The summed E-state index contributed by atoms with van der Waals surface area (Å²) in [6.45, 7) is 1.96. The number of para-hydroxylation sites is 2. The molecule has 3 rings (SSSR count). The van der Waals surface area contributed by atoms with Crippen LogP contribution in [0.1, 0.15) is 23.0 Å². The maximum atomic E-state index is 13.0. The molecule has 0 aliphatic heterocycles. The Kier molecular flexibility index (Phi) is 5.18. The fourth-order valence-corrected chi connectivity index (χ4v) is 2.60. The van der Waals surface area contributed by atoms with E-state index in [0.29, 0.717) is 11.0 Å². The number of fused-ring (bicyclic) bond motifs is 1. The van der Waals surface area contributed by atoms with Crippen molar-refractivity contribution in [2.45, 2.75) is 13.1 Å². The number of anilines is 1. The summed E-state index contributed by atoms with van der Waals surface area (Å²) < 4.78 is 44.3. The number of amides is 1. The van der Waals surface area contributed by atoms with Crippen molar-refractivity contribution in [2.75, 3.05) is 11.9 Å². The molecule has 5 nitrogen and oxygen atoms in total. The number of hydrogen-bond acceptors (Lipinski definition) is 4. The van der Waals surface area contributed by atoms with Crippen LogP contribution in [0.4, 0.5) is 18.9 Å². The Labute approximate surface area is 157 Å². The second-order valence-corrected chi connectivity index (χ2v) is 5.85. The van der Waals surface area contributed by atoms with Crippen LogP contribution in [-0.4, -0.2) is 22.5 Å². The van der Waals surface area contributed by atoms with Gasteiger partial charge in [-0.25, -0.2) is 9.97 Å². The van der Waals surface area contributed by atoms with Crippen molar-refractivity contribution < 1.29 is 22.7 Å². The number of halogens is 4. The molecule has 9 heteroatoms. The molecule has 1 aromatic heterocycles. The largest absolute Gasteiger partial charge is 0.476 e. The lowest BCUT2D eigenvalue weighted by Crippen LogP contribution is -2.17. The topological polar surface area (TPSA) is 64.1 Å². The first-order chi connectivity index (χ1) is 12.8. The summed E-state index contributed by atoms with van der Waals surface area (Å²) in [4.78, 5) is 21.1. The fraction of sp³-hybridized carbons (Fsp3) is 0.167. The van der Waals surface area contributed by atoms with E-state index in [1.807, 2.05) is 0 Å². The van der Waals surface area contributed by atoms with Crippen molar-refractivity contribution in [3.63, 3.8) is 0 Å². The van der Waals surface area contributed by atoms with Gasteiger partial charge in [-0.15, -0.1) is 0 Å². The molecule has 0 bridgehead atoms. The van der Waals surface area contributed by atoms with E-state index in [-0.39, 0.29) is 23.9 Å². The summed E-state index contributed by atoms with van der Waals surface area (Å²) >= 11 is 5.59. The molecular weight excluding hydrogens is 383 g/mol. The quantitative estimate of drug-likeness (QED) is 0.678. The Balaban J connectivity index is 1.98. The highest BCUT2D eigenvalue weighted by atomic mass is 35.5. The number of aromatic nitrogens is 2. The van der Waals surface area contributed by atoms with Gasteiger partial charge in [-0.1, -0.05) is 23.7 Å². The van der Waals surface area contributed by atoms with E-state index in [0.717, 1.165) is 12.1 Å². The van der Waals surface area contributed by atoms with Crippen molar-refractivity contribution in [3.05, 3.63) is 58.7 Å². The predicted octanol–water partition coefficient (Wildman–Crippen LogP) is 4.95. The van der Waals surface area contributed by atoms with Gasteiger partial charge in [0, 0.05) is 5.69 Å². The van der Waals surface area contributed by atoms with Crippen LogP contribution < -0.4 is 10.1 Å². The van der Waals surface area contributed by atoms with E-state index in [1.54, 1.807) is 31.2 Å². The van der Waals surface area contributed by atoms with Crippen LogP contribution in [0.2, 0.25) is 5.02 Å². The van der Waals surface area contributed by atoms with Crippen molar-refractivity contribution in [1.29, 1.82) is 0 Å². The van der Waals surface area contributed by atoms with Crippen molar-refractivity contribution in [2.24, 2.45) is 0 Å². The van der Waals surface area contributed by atoms with E-state index in [4.69, 9.17) is 16.3 Å². The molecule has 0 spiro atoms. The number of alkyl halides is 3. The molecule has 2 aromatic carbocycles. The van der Waals surface area contributed by atoms with Crippen LogP contribution in [0.15, 0.2) is 42.5 Å². The number of benzene rings is 2. The number of nitrogens with zero attached hydrogens (tertiary/aromatic N) is 2. The number of nitrogens with one attached hydrogen (secondary N) is 1. The third-order valence-electron chi connectivity index (χ3n) is 3.56. The summed E-state index contributed by atoms with van der Waals surface area (Å²) in [6.07, 6.45) is -4.64. The highest BCUT2D eigenvalue weighted by Crippen LogP contribution is 2.36. The van der Waals surface area contributed by atoms with Gasteiger partial charge in [0.25, 0.3) is 5.91 Å². The molecule has 0 aliphatic carbocycles. The summed E-state index contributed by atoms with van der Waals surface area (Å²) in [5, 5.41) is 1.92. The first-order valence-corrected chi connectivity index (χ1v) is 8.25. The van der Waals surface area contributed by atoms with Crippen LogP contribution in [-0.2, 0) is 6.18 Å². The minimum atomic E-state index is -4.64. The summed E-state index contributed by atoms with van der Waals surface area (Å²) in [7, 11) is 0. The van der Waals surface area contributed by atoms with Crippen molar-refractivity contribution >= 4 is 34.2 Å². The molecule has 0 saturated heterocycles. The second-order valence-electron chi connectivity index (χ2n) is 5.45. The minimum Gasteiger partial charge on any atom is -0.476 e. The first kappa shape index (κ1) is 18.9. The highest BCUT2D eigenvalue weighted by Gasteiger charge is 2.33. The van der Waals surface area contributed by atoms with E-state index in [2.05, 4.69) is 15.3 Å². The Morgan fingerprint density at radius 3 is 2.44 bits per heavy atom. The third-order valence-corrected chi connectivity index (χ3v) is 3.89. The summed E-state index contributed by atoms with van der Waals surface area (Å²) in [5.41, 5.74) is -0.258. The molecule has 1 amide bonds. The van der Waals surface area contributed by atoms with Gasteiger partial charge in [0.1, 0.15) is 0 Å². The molecule has 0 radical (unpaired) electrons. The maximum absolute atomic E-state index is 13.0. The Morgan fingerprint density at radius 1 is 1.15 bits per heavy atom. The van der Waals surface area contributed by atoms with Gasteiger partial charge in [-0.3, -0.25) is 4.79 Å². The zero-order chi connectivity index (χ0) is 19.6. The Bertz CT molecular complexity index is 1010. The average molecular weight is 396 g/mol. The van der Waals surface area contributed by atoms with Gasteiger partial charge >= 0.3 is 6.18 Å². The van der Waals surface area contributed by atoms with Gasteiger partial charge in [-0.05, 0) is 37.3 Å². The van der Waals surface area contributed by atoms with Gasteiger partial charge < -0.3 is 10.1 Å². The van der Waals surface area contributed by atoms with E-state index >= 15 is 0 Å². The lowest BCUT2D eigenvalue weighted by molar-refractivity contribution is -0.137. The molecule has 140 valence electrons. The molecule has 1 N–H and O–H groups in total. The lowest BCUT2D eigenvalue weighted by atomic mass is 10.2. The van der Waals surface area contributed by atoms with Crippen LogP contribution >= 0.6 is 11.6 Å². The van der Waals surface area contributed by atoms with Crippen LogP contribution in [0.5, 0.6) is 5.88 Å². The molecule has 0 atom stereocenters. The first-order valence-electron chi connectivity index (χ1n) is 7.87. The monoisotopic (exact) mass is 395 g/mol. The zero-order valence-electron chi connectivity index (χ0n) is 14.0.